The lowest BCUT2D eigenvalue weighted by molar-refractivity contribution is -0.134. The van der Waals surface area contributed by atoms with E-state index in [1.165, 1.54) is 14.2 Å². The van der Waals surface area contributed by atoms with Crippen molar-refractivity contribution in [1.82, 2.24) is 14.9 Å². The molecule has 9 nitrogen and oxygen atoms in total. The van der Waals surface area contributed by atoms with Crippen LogP contribution in [0.5, 0.6) is 0 Å². The van der Waals surface area contributed by atoms with Gasteiger partial charge in [-0.25, -0.2) is 9.59 Å². The summed E-state index contributed by atoms with van der Waals surface area (Å²) in [6.07, 6.45) is 0. The number of thiophene rings is 2. The van der Waals surface area contributed by atoms with E-state index in [0.717, 1.165) is 39.5 Å². The van der Waals surface area contributed by atoms with Crippen LogP contribution in [0.2, 0.25) is 0 Å². The second kappa shape index (κ2) is 11.5. The van der Waals surface area contributed by atoms with Crippen LogP contribution in [0.4, 0.5) is 0 Å². The van der Waals surface area contributed by atoms with Crippen molar-refractivity contribution in [2.24, 2.45) is 0 Å². The number of ether oxygens (including phenoxy) is 2. The molecule has 172 valence electrons. The number of carboxylic acid groups (broad SMARTS) is 1. The van der Waals surface area contributed by atoms with Crippen LogP contribution in [0.1, 0.15) is 33.5 Å². The summed E-state index contributed by atoms with van der Waals surface area (Å²) in [6, 6.07) is 5.71. The van der Waals surface area contributed by atoms with Crippen molar-refractivity contribution < 1.29 is 29.0 Å². The van der Waals surface area contributed by atoms with E-state index in [2.05, 4.69) is 14.7 Å². The predicted octanol–water partition coefficient (Wildman–Crippen LogP) is 4.18. The Balaban J connectivity index is 0.000000200. The fourth-order valence-corrected chi connectivity index (χ4v) is 4.45. The Morgan fingerprint density at radius 1 is 1.00 bits per heavy atom. The van der Waals surface area contributed by atoms with Crippen molar-refractivity contribution in [3.8, 4) is 0 Å². The summed E-state index contributed by atoms with van der Waals surface area (Å²) >= 11 is 3.24. The fraction of sp³-hybridized carbons (Fsp3) is 0.286. The molecule has 4 heterocycles. The number of methoxy groups -OCH3 is 2. The van der Waals surface area contributed by atoms with Crippen molar-refractivity contribution >= 4 is 61.0 Å². The first-order valence-corrected chi connectivity index (χ1v) is 11.1. The van der Waals surface area contributed by atoms with Crippen LogP contribution in [-0.2, 0) is 20.8 Å². The third-order valence-electron chi connectivity index (χ3n) is 4.01. The number of aromatic nitrogens is 2. The lowest BCUT2D eigenvalue weighted by Gasteiger charge is -2.09. The molecule has 32 heavy (non-hydrogen) atoms. The van der Waals surface area contributed by atoms with Crippen LogP contribution < -0.4 is 0 Å². The second-order valence-electron chi connectivity index (χ2n) is 6.76. The number of nitrogens with one attached hydrogen (secondary N) is 2. The van der Waals surface area contributed by atoms with Gasteiger partial charge >= 0.3 is 11.9 Å². The highest BCUT2D eigenvalue weighted by molar-refractivity contribution is 7.17. The highest BCUT2D eigenvalue weighted by Crippen LogP contribution is 2.28. The first kappa shape index (κ1) is 25.1. The van der Waals surface area contributed by atoms with Crippen LogP contribution in [0.25, 0.3) is 20.4 Å². The van der Waals surface area contributed by atoms with Crippen molar-refractivity contribution in [3.63, 3.8) is 0 Å². The highest BCUT2D eigenvalue weighted by atomic mass is 32.1. The zero-order valence-electron chi connectivity index (χ0n) is 18.3. The molecule has 0 atom stereocenters. The van der Waals surface area contributed by atoms with Crippen molar-refractivity contribution in [3.05, 3.63) is 45.9 Å². The number of fused-ring (bicyclic) bond motifs is 2. The van der Waals surface area contributed by atoms with Gasteiger partial charge in [0, 0.05) is 19.0 Å². The first-order valence-electron chi connectivity index (χ1n) is 9.33. The van der Waals surface area contributed by atoms with Crippen molar-refractivity contribution in [1.29, 1.82) is 0 Å². The number of hydrogen-bond donors (Lipinski definition) is 3. The fourth-order valence-electron chi connectivity index (χ4n) is 2.78. The predicted molar refractivity (Wildman–Crippen MR) is 126 cm³/mol. The number of aromatic amines is 2. The second-order valence-corrected chi connectivity index (χ2v) is 8.63. The normalized spacial score (nSPS) is 10.3. The minimum Gasteiger partial charge on any atom is -0.481 e. The number of hydrogen-bond acceptors (Lipinski definition) is 8. The molecule has 4 aromatic heterocycles. The molecular weight excluding hydrogens is 454 g/mol. The maximum Gasteiger partial charge on any atom is 0.354 e. The maximum atomic E-state index is 11.6. The van der Waals surface area contributed by atoms with Crippen LogP contribution in [0, 0.1) is 0 Å². The molecule has 0 aromatic carbocycles. The number of rotatable bonds is 4. The Morgan fingerprint density at radius 2 is 1.59 bits per heavy atom. The molecule has 11 heteroatoms. The molecule has 0 spiro atoms. The summed E-state index contributed by atoms with van der Waals surface area (Å²) in [7, 11) is 6.73. The molecule has 0 fully saturated rings. The lowest BCUT2D eigenvalue weighted by Crippen LogP contribution is -2.14. The zero-order chi connectivity index (χ0) is 23.8. The van der Waals surface area contributed by atoms with Gasteiger partial charge in [0.2, 0.25) is 0 Å². The SMILES string of the molecule is CC(=O)O.COC(=O)c1[nH]c2ccsc2c1CN(C)C.COC(=O)c1cc2sccc2[nH]1. The topological polar surface area (TPSA) is 125 Å². The number of H-pyrrole nitrogens is 2. The maximum absolute atomic E-state index is 11.6. The van der Waals surface area contributed by atoms with Gasteiger partial charge in [0.1, 0.15) is 11.4 Å². The van der Waals surface area contributed by atoms with Gasteiger partial charge < -0.3 is 29.4 Å². The Hall–Kier alpha value is -3.15. The zero-order valence-corrected chi connectivity index (χ0v) is 20.0. The largest absolute Gasteiger partial charge is 0.481 e. The summed E-state index contributed by atoms with van der Waals surface area (Å²) in [4.78, 5) is 39.8. The van der Waals surface area contributed by atoms with Crippen molar-refractivity contribution in [2.45, 2.75) is 13.5 Å². The molecule has 0 bridgehead atoms. The Labute approximate surface area is 192 Å². The van der Waals surface area contributed by atoms with E-state index >= 15 is 0 Å². The van der Waals surface area contributed by atoms with Gasteiger partial charge in [0.25, 0.3) is 5.97 Å². The van der Waals surface area contributed by atoms with Gasteiger partial charge in [-0.15, -0.1) is 22.7 Å². The molecule has 4 aromatic rings. The monoisotopic (exact) mass is 479 g/mol. The van der Waals surface area contributed by atoms with Crippen LogP contribution in [-0.4, -0.2) is 66.2 Å². The number of esters is 2. The third kappa shape index (κ3) is 6.42. The molecule has 3 N–H and O–H groups in total. The van der Waals surface area contributed by atoms with Gasteiger partial charge in [-0.2, -0.15) is 0 Å². The van der Waals surface area contributed by atoms with Crippen LogP contribution in [0.3, 0.4) is 0 Å². The molecule has 4 rings (SSSR count). The number of carboxylic acids is 1. The minimum absolute atomic E-state index is 0.305. The van der Waals surface area contributed by atoms with Crippen molar-refractivity contribution in [2.75, 3.05) is 28.3 Å². The Morgan fingerprint density at radius 3 is 2.16 bits per heavy atom. The van der Waals surface area contributed by atoms with E-state index in [1.807, 2.05) is 41.9 Å². The number of carbonyl (C=O) groups excluding carboxylic acids is 2. The van der Waals surface area contributed by atoms with E-state index < -0.39 is 5.97 Å². The van der Waals surface area contributed by atoms with E-state index in [9.17, 15) is 9.59 Å². The average molecular weight is 480 g/mol. The van der Waals surface area contributed by atoms with E-state index in [0.29, 0.717) is 11.4 Å². The summed E-state index contributed by atoms with van der Waals surface area (Å²) in [5.74, 6) is -1.46. The average Bonchev–Trinajstić information content (AvgIpc) is 3.48. The molecule has 0 saturated heterocycles. The van der Waals surface area contributed by atoms with Gasteiger partial charge in [-0.3, -0.25) is 4.79 Å². The Bertz CT molecular complexity index is 1170. The number of aliphatic carboxylic acids is 1. The summed E-state index contributed by atoms with van der Waals surface area (Å²) in [5, 5.41) is 11.4. The molecule has 0 radical (unpaired) electrons. The van der Waals surface area contributed by atoms with E-state index in [4.69, 9.17) is 14.6 Å². The molecule has 0 amide bonds. The minimum atomic E-state index is -0.833. The standard InChI is InChI=1S/C11H14N2O2S.C8H7NO2S.C2H4O2/c1-13(2)6-7-9(11(14)15-3)12-8-4-5-16-10(7)8;1-11-8(10)6-4-7-5(9-6)2-3-12-7;1-2(3)4/h4-5,12H,6H2,1-3H3;2-4,9H,1H3;1H3,(H,3,4). The summed E-state index contributed by atoms with van der Waals surface area (Å²) in [5.41, 5.74) is 4.09. The number of nitrogens with zero attached hydrogens (tertiary/aromatic N) is 1. The number of carbonyl (C=O) groups is 3. The summed E-state index contributed by atoms with van der Waals surface area (Å²) in [6.45, 7) is 1.81. The smallest absolute Gasteiger partial charge is 0.354 e. The van der Waals surface area contributed by atoms with Crippen LogP contribution >= 0.6 is 22.7 Å². The first-order chi connectivity index (χ1) is 15.2. The molecule has 0 aliphatic heterocycles. The van der Waals surface area contributed by atoms with E-state index in [1.54, 1.807) is 28.7 Å². The van der Waals surface area contributed by atoms with Crippen LogP contribution in [0.15, 0.2) is 29.0 Å². The van der Waals surface area contributed by atoms with Gasteiger partial charge in [-0.05, 0) is 43.1 Å². The molecule has 0 aliphatic carbocycles. The summed E-state index contributed by atoms with van der Waals surface area (Å²) < 4.78 is 11.6. The molecule has 0 aliphatic rings. The highest BCUT2D eigenvalue weighted by Gasteiger charge is 2.19. The van der Waals surface area contributed by atoms with Gasteiger partial charge in [-0.1, -0.05) is 0 Å². The lowest BCUT2D eigenvalue weighted by atomic mass is 10.2. The third-order valence-corrected chi connectivity index (χ3v) is 5.85. The molecule has 0 saturated carbocycles. The van der Waals surface area contributed by atoms with Gasteiger partial charge in [0.05, 0.1) is 34.7 Å². The Kier molecular flexibility index (Phi) is 9.00. The van der Waals surface area contributed by atoms with Gasteiger partial charge in [0.15, 0.2) is 0 Å². The molecular formula is C21H25N3O6S2. The van der Waals surface area contributed by atoms with E-state index in [-0.39, 0.29) is 11.9 Å². The quantitative estimate of drug-likeness (QED) is 0.375. The molecule has 0 unspecified atom stereocenters.